The molecule has 5 nitrogen and oxygen atoms in total. The first-order valence-corrected chi connectivity index (χ1v) is 7.95. The first-order chi connectivity index (χ1) is 9.34. The summed E-state index contributed by atoms with van der Waals surface area (Å²) >= 11 is 5.72. The Morgan fingerprint density at radius 2 is 2.00 bits per heavy atom. The lowest BCUT2D eigenvalue weighted by Gasteiger charge is -2.11. The number of sulfonamides is 1. The number of hydrogen-bond donors (Lipinski definition) is 2. The van der Waals surface area contributed by atoms with Gasteiger partial charge in [-0.2, -0.15) is 4.72 Å². The van der Waals surface area contributed by atoms with E-state index in [1.54, 1.807) is 31.2 Å². The largest absolute Gasteiger partial charge is 0.480 e. The summed E-state index contributed by atoms with van der Waals surface area (Å²) in [7, 11) is -3.80. The average Bonchev–Trinajstić information content (AvgIpc) is 2.37. The van der Waals surface area contributed by atoms with Gasteiger partial charge in [-0.3, -0.25) is 4.79 Å². The lowest BCUT2D eigenvalue weighted by molar-refractivity contribution is -0.139. The number of carboxylic acid groups (broad SMARTS) is 1. The van der Waals surface area contributed by atoms with Gasteiger partial charge in [0.15, 0.2) is 0 Å². The summed E-state index contributed by atoms with van der Waals surface area (Å²) < 4.78 is 25.7. The molecule has 0 fully saturated rings. The second kappa shape index (κ2) is 7.42. The van der Waals surface area contributed by atoms with E-state index in [-0.39, 0.29) is 6.42 Å². The third-order valence-corrected chi connectivity index (χ3v) is 3.85. The topological polar surface area (TPSA) is 83.5 Å². The molecule has 1 atom stereocenters. The summed E-state index contributed by atoms with van der Waals surface area (Å²) in [5.41, 5.74) is 0.655. The molecule has 0 bridgehead atoms. The van der Waals surface area contributed by atoms with Crippen molar-refractivity contribution in [2.45, 2.75) is 25.8 Å². The van der Waals surface area contributed by atoms with Crippen molar-refractivity contribution in [3.8, 4) is 0 Å². The molecular weight excluding hydrogens is 302 g/mol. The average molecular weight is 318 g/mol. The highest BCUT2D eigenvalue weighted by molar-refractivity contribution is 7.92. The first-order valence-electron chi connectivity index (χ1n) is 6.03. The predicted molar refractivity (Wildman–Crippen MR) is 78.9 cm³/mol. The molecule has 110 valence electrons. The van der Waals surface area contributed by atoms with Crippen LogP contribution in [0.3, 0.4) is 0 Å². The van der Waals surface area contributed by atoms with Gasteiger partial charge in [-0.05, 0) is 30.2 Å². The summed E-state index contributed by atoms with van der Waals surface area (Å²) in [5, 5.41) is 10.4. The molecule has 2 N–H and O–H groups in total. The minimum atomic E-state index is -3.80. The van der Waals surface area contributed by atoms with Crippen LogP contribution in [0.5, 0.6) is 0 Å². The van der Waals surface area contributed by atoms with Gasteiger partial charge in [0.05, 0.1) is 0 Å². The third-order valence-electron chi connectivity index (χ3n) is 2.49. The number of rotatable bonds is 7. The molecule has 0 spiro atoms. The monoisotopic (exact) mass is 317 g/mol. The van der Waals surface area contributed by atoms with Gasteiger partial charge in [0.25, 0.3) is 0 Å². The van der Waals surface area contributed by atoms with E-state index in [0.717, 1.165) is 5.41 Å². The molecule has 0 amide bonds. The maximum Gasteiger partial charge on any atom is 0.321 e. The molecule has 0 unspecified atom stereocenters. The SMILES string of the molecule is CCC[C@H](NS(=O)(=O)/C=C/c1ccc(Cl)cc1)C(=O)O. The fourth-order valence-corrected chi connectivity index (χ4v) is 2.66. The second-order valence-corrected chi connectivity index (χ2v) is 6.23. The number of halogens is 1. The Labute approximate surface area is 123 Å². The molecule has 0 saturated carbocycles. The van der Waals surface area contributed by atoms with Gasteiger partial charge >= 0.3 is 5.97 Å². The van der Waals surface area contributed by atoms with Crippen molar-refractivity contribution in [3.63, 3.8) is 0 Å². The molecule has 0 aliphatic carbocycles. The van der Waals surface area contributed by atoms with Crippen LogP contribution < -0.4 is 4.72 Å². The second-order valence-electron chi connectivity index (χ2n) is 4.20. The maximum absolute atomic E-state index is 11.8. The molecule has 0 aromatic heterocycles. The van der Waals surface area contributed by atoms with Crippen molar-refractivity contribution in [1.29, 1.82) is 0 Å². The Kier molecular flexibility index (Phi) is 6.19. The Morgan fingerprint density at radius 1 is 1.40 bits per heavy atom. The van der Waals surface area contributed by atoms with E-state index in [9.17, 15) is 13.2 Å². The van der Waals surface area contributed by atoms with Crippen LogP contribution in [-0.4, -0.2) is 25.5 Å². The van der Waals surface area contributed by atoms with Gasteiger partial charge < -0.3 is 5.11 Å². The molecule has 0 aliphatic heterocycles. The number of benzene rings is 1. The quantitative estimate of drug-likeness (QED) is 0.809. The number of hydrogen-bond acceptors (Lipinski definition) is 3. The molecule has 0 saturated heterocycles. The van der Waals surface area contributed by atoms with Gasteiger partial charge in [0.1, 0.15) is 6.04 Å². The van der Waals surface area contributed by atoms with E-state index >= 15 is 0 Å². The zero-order valence-electron chi connectivity index (χ0n) is 10.9. The van der Waals surface area contributed by atoms with Gasteiger partial charge in [0, 0.05) is 10.4 Å². The maximum atomic E-state index is 11.8. The molecule has 20 heavy (non-hydrogen) atoms. The summed E-state index contributed by atoms with van der Waals surface area (Å²) in [6.07, 6.45) is 2.19. The molecule has 0 heterocycles. The summed E-state index contributed by atoms with van der Waals surface area (Å²) in [4.78, 5) is 10.9. The van der Waals surface area contributed by atoms with E-state index in [4.69, 9.17) is 16.7 Å². The molecule has 1 rings (SSSR count). The van der Waals surface area contributed by atoms with E-state index in [0.29, 0.717) is 17.0 Å². The smallest absolute Gasteiger partial charge is 0.321 e. The van der Waals surface area contributed by atoms with E-state index in [1.165, 1.54) is 6.08 Å². The van der Waals surface area contributed by atoms with Gasteiger partial charge in [-0.1, -0.05) is 37.1 Å². The Morgan fingerprint density at radius 3 is 2.50 bits per heavy atom. The molecule has 7 heteroatoms. The summed E-state index contributed by atoms with van der Waals surface area (Å²) in [6, 6.07) is 5.49. The van der Waals surface area contributed by atoms with Crippen LogP contribution in [0.1, 0.15) is 25.3 Å². The van der Waals surface area contributed by atoms with Crippen molar-refractivity contribution in [3.05, 3.63) is 40.3 Å². The zero-order chi connectivity index (χ0) is 15.2. The summed E-state index contributed by atoms with van der Waals surface area (Å²) in [5.74, 6) is -1.18. The number of nitrogens with one attached hydrogen (secondary N) is 1. The highest BCUT2D eigenvalue weighted by Gasteiger charge is 2.21. The van der Waals surface area contributed by atoms with E-state index in [1.807, 2.05) is 0 Å². The Hall–Kier alpha value is -1.37. The van der Waals surface area contributed by atoms with Gasteiger partial charge in [-0.15, -0.1) is 0 Å². The van der Waals surface area contributed by atoms with Crippen molar-refractivity contribution in [2.75, 3.05) is 0 Å². The molecule has 0 aliphatic rings. The zero-order valence-corrected chi connectivity index (χ0v) is 12.5. The van der Waals surface area contributed by atoms with Crippen molar-refractivity contribution >= 4 is 33.7 Å². The van der Waals surface area contributed by atoms with Crippen LogP contribution in [0.2, 0.25) is 5.02 Å². The van der Waals surface area contributed by atoms with E-state index < -0.39 is 22.0 Å². The van der Waals surface area contributed by atoms with Crippen LogP contribution in [0.4, 0.5) is 0 Å². The molecule has 1 aromatic rings. The van der Waals surface area contributed by atoms with Crippen LogP contribution >= 0.6 is 11.6 Å². The van der Waals surface area contributed by atoms with Gasteiger partial charge in [-0.25, -0.2) is 8.42 Å². The van der Waals surface area contributed by atoms with Crippen molar-refractivity contribution in [1.82, 2.24) is 4.72 Å². The van der Waals surface area contributed by atoms with Crippen molar-refractivity contribution in [2.24, 2.45) is 0 Å². The van der Waals surface area contributed by atoms with E-state index in [2.05, 4.69) is 4.72 Å². The summed E-state index contributed by atoms with van der Waals surface area (Å²) in [6.45, 7) is 1.79. The molecule has 0 radical (unpaired) electrons. The fraction of sp³-hybridized carbons (Fsp3) is 0.308. The lowest BCUT2D eigenvalue weighted by Crippen LogP contribution is -2.39. The standard InChI is InChI=1S/C13H16ClNO4S/c1-2-3-12(13(16)17)15-20(18,19)9-8-10-4-6-11(14)7-5-10/h4-9,12,15H,2-3H2,1H3,(H,16,17)/b9-8+/t12-/m0/s1. The molecular formula is C13H16ClNO4S. The minimum Gasteiger partial charge on any atom is -0.480 e. The van der Waals surface area contributed by atoms with Crippen LogP contribution in [0, 0.1) is 0 Å². The molecule has 1 aromatic carbocycles. The number of carboxylic acids is 1. The van der Waals surface area contributed by atoms with Crippen LogP contribution in [0.15, 0.2) is 29.7 Å². The van der Waals surface area contributed by atoms with Crippen LogP contribution in [0.25, 0.3) is 6.08 Å². The first kappa shape index (κ1) is 16.7. The normalized spacial score (nSPS) is 13.5. The lowest BCUT2D eigenvalue weighted by atomic mass is 10.2. The third kappa shape index (κ3) is 5.73. The highest BCUT2D eigenvalue weighted by Crippen LogP contribution is 2.11. The highest BCUT2D eigenvalue weighted by atomic mass is 35.5. The number of aliphatic carboxylic acids is 1. The number of carbonyl (C=O) groups is 1. The van der Waals surface area contributed by atoms with Gasteiger partial charge in [0.2, 0.25) is 10.0 Å². The van der Waals surface area contributed by atoms with Crippen LogP contribution in [-0.2, 0) is 14.8 Å². The van der Waals surface area contributed by atoms with Crippen molar-refractivity contribution < 1.29 is 18.3 Å². The Bertz CT molecular complexity index is 581. The minimum absolute atomic E-state index is 0.239. The fourth-order valence-electron chi connectivity index (χ4n) is 1.50. The predicted octanol–water partition coefficient (Wildman–Crippen LogP) is 2.48. The Balaban J connectivity index is 2.78.